The van der Waals surface area contributed by atoms with E-state index in [1.54, 1.807) is 16.9 Å². The van der Waals surface area contributed by atoms with Gasteiger partial charge in [-0.05, 0) is 25.0 Å². The van der Waals surface area contributed by atoms with E-state index in [0.29, 0.717) is 24.9 Å². The number of aliphatic hydroxyl groups is 1. The minimum atomic E-state index is -1.04. The molecule has 4 heterocycles. The lowest BCUT2D eigenvalue weighted by Crippen LogP contribution is -2.43. The highest BCUT2D eigenvalue weighted by Crippen LogP contribution is 2.29. The van der Waals surface area contributed by atoms with Crippen LogP contribution in [0.4, 0.5) is 15.0 Å². The van der Waals surface area contributed by atoms with Crippen LogP contribution in [0.5, 0.6) is 5.88 Å². The number of rotatable bonds is 6. The molecular formula is C19H21FN6O4. The fraction of sp³-hybridized carbons (Fsp3) is 0.368. The number of pyridine rings is 1. The van der Waals surface area contributed by atoms with E-state index in [9.17, 15) is 14.3 Å². The van der Waals surface area contributed by atoms with E-state index in [4.69, 9.17) is 9.84 Å². The SMILES string of the molecule is O=C(O)N1CCC[C@@H](Oc2nc(-c3cnn4ccccc34)nc(NCCO)c2F)C1. The van der Waals surface area contributed by atoms with Crippen LogP contribution in [-0.2, 0) is 0 Å². The summed E-state index contributed by atoms with van der Waals surface area (Å²) in [6, 6.07) is 5.51. The maximum absolute atomic E-state index is 15.0. The van der Waals surface area contributed by atoms with Gasteiger partial charge >= 0.3 is 6.09 Å². The first-order valence-electron chi connectivity index (χ1n) is 9.56. The molecule has 158 valence electrons. The van der Waals surface area contributed by atoms with E-state index >= 15 is 0 Å². The van der Waals surface area contributed by atoms with Gasteiger partial charge in [0.1, 0.15) is 6.10 Å². The lowest BCUT2D eigenvalue weighted by Gasteiger charge is -2.30. The van der Waals surface area contributed by atoms with Crippen LogP contribution in [0, 0.1) is 5.82 Å². The smallest absolute Gasteiger partial charge is 0.407 e. The maximum Gasteiger partial charge on any atom is 0.407 e. The first-order valence-corrected chi connectivity index (χ1v) is 9.56. The van der Waals surface area contributed by atoms with Crippen LogP contribution in [0.25, 0.3) is 16.9 Å². The Labute approximate surface area is 170 Å². The summed E-state index contributed by atoms with van der Waals surface area (Å²) in [5.41, 5.74) is 1.32. The Morgan fingerprint density at radius 1 is 1.37 bits per heavy atom. The largest absolute Gasteiger partial charge is 0.470 e. The molecule has 1 amide bonds. The Balaban J connectivity index is 1.70. The van der Waals surface area contributed by atoms with Gasteiger partial charge in [-0.3, -0.25) is 0 Å². The lowest BCUT2D eigenvalue weighted by molar-refractivity contribution is 0.0744. The summed E-state index contributed by atoms with van der Waals surface area (Å²) < 4.78 is 22.4. The highest BCUT2D eigenvalue weighted by atomic mass is 19.1. The summed E-state index contributed by atoms with van der Waals surface area (Å²) in [5, 5.41) is 25.3. The van der Waals surface area contributed by atoms with E-state index in [-0.39, 0.29) is 37.2 Å². The zero-order valence-corrected chi connectivity index (χ0v) is 16.0. The van der Waals surface area contributed by atoms with E-state index < -0.39 is 18.0 Å². The summed E-state index contributed by atoms with van der Waals surface area (Å²) in [7, 11) is 0. The first-order chi connectivity index (χ1) is 14.6. The molecule has 0 unspecified atom stereocenters. The number of nitrogens with zero attached hydrogens (tertiary/aromatic N) is 5. The van der Waals surface area contributed by atoms with Gasteiger partial charge in [-0.2, -0.15) is 14.5 Å². The molecule has 0 radical (unpaired) electrons. The molecule has 0 saturated carbocycles. The summed E-state index contributed by atoms with van der Waals surface area (Å²) in [6.45, 7) is 0.433. The van der Waals surface area contributed by atoms with Gasteiger partial charge in [-0.15, -0.1) is 0 Å². The molecule has 1 atom stereocenters. The third-order valence-electron chi connectivity index (χ3n) is 4.82. The number of nitrogens with one attached hydrogen (secondary N) is 1. The number of ether oxygens (including phenoxy) is 1. The van der Waals surface area contributed by atoms with E-state index in [2.05, 4.69) is 20.4 Å². The predicted molar refractivity (Wildman–Crippen MR) is 105 cm³/mol. The average Bonchev–Trinajstić information content (AvgIpc) is 3.18. The lowest BCUT2D eigenvalue weighted by atomic mass is 10.1. The van der Waals surface area contributed by atoms with E-state index in [0.717, 1.165) is 5.52 Å². The molecule has 0 spiro atoms. The van der Waals surface area contributed by atoms with Crippen molar-refractivity contribution in [1.29, 1.82) is 0 Å². The molecule has 4 rings (SSSR count). The first kappa shape index (κ1) is 19.8. The topological polar surface area (TPSA) is 125 Å². The van der Waals surface area contributed by atoms with Gasteiger partial charge in [0.2, 0.25) is 5.82 Å². The van der Waals surface area contributed by atoms with Crippen molar-refractivity contribution in [3.8, 4) is 17.3 Å². The van der Waals surface area contributed by atoms with Crippen molar-refractivity contribution >= 4 is 17.4 Å². The molecule has 1 aliphatic heterocycles. The Hall–Kier alpha value is -3.47. The summed E-state index contributed by atoms with van der Waals surface area (Å²) in [6.07, 6.45) is 2.98. The number of hydrogen-bond acceptors (Lipinski definition) is 7. The van der Waals surface area contributed by atoms with Crippen LogP contribution in [0.2, 0.25) is 0 Å². The molecule has 10 nitrogen and oxygen atoms in total. The number of aliphatic hydroxyl groups excluding tert-OH is 1. The second-order valence-electron chi connectivity index (χ2n) is 6.86. The third kappa shape index (κ3) is 3.96. The second-order valence-corrected chi connectivity index (χ2v) is 6.86. The predicted octanol–water partition coefficient (Wildman–Crippen LogP) is 1.86. The zero-order valence-electron chi connectivity index (χ0n) is 16.0. The molecule has 3 aromatic rings. The van der Waals surface area contributed by atoms with Crippen LogP contribution in [0.15, 0.2) is 30.6 Å². The van der Waals surface area contributed by atoms with Gasteiger partial charge in [-0.25, -0.2) is 14.3 Å². The molecule has 0 aliphatic carbocycles. The monoisotopic (exact) mass is 416 g/mol. The van der Waals surface area contributed by atoms with Gasteiger partial charge in [0, 0.05) is 19.3 Å². The molecule has 11 heteroatoms. The average molecular weight is 416 g/mol. The number of hydrogen-bond donors (Lipinski definition) is 3. The van der Waals surface area contributed by atoms with Crippen molar-refractivity contribution in [2.24, 2.45) is 0 Å². The molecule has 1 saturated heterocycles. The van der Waals surface area contributed by atoms with Crippen molar-refractivity contribution in [2.45, 2.75) is 18.9 Å². The number of anilines is 1. The van der Waals surface area contributed by atoms with Gasteiger partial charge in [0.05, 0.1) is 30.4 Å². The molecule has 0 bridgehead atoms. The van der Waals surface area contributed by atoms with E-state index in [1.165, 1.54) is 4.90 Å². The van der Waals surface area contributed by atoms with Crippen molar-refractivity contribution < 1.29 is 24.1 Å². The Morgan fingerprint density at radius 2 is 2.23 bits per heavy atom. The van der Waals surface area contributed by atoms with E-state index in [1.807, 2.05) is 18.2 Å². The standard InChI is InChI=1S/C19H21FN6O4/c20-15-17(21-6-9-27)23-16(13-10-22-26-8-2-1-5-14(13)26)24-18(15)30-12-4-3-7-25(11-12)19(28)29/h1-2,5,8,10,12,27H,3-4,6-7,9,11H2,(H,28,29)(H,21,23,24)/t12-/m1/s1. The number of likely N-dealkylation sites (tertiary alicyclic amines) is 1. The van der Waals surface area contributed by atoms with Gasteiger partial charge < -0.3 is 25.2 Å². The quantitative estimate of drug-likeness (QED) is 0.556. The second kappa shape index (κ2) is 8.49. The summed E-state index contributed by atoms with van der Waals surface area (Å²) in [5.74, 6) is -0.965. The number of carboxylic acid groups (broad SMARTS) is 1. The van der Waals surface area contributed by atoms with Crippen LogP contribution in [-0.4, -0.2) is 73.1 Å². The molecule has 1 fully saturated rings. The van der Waals surface area contributed by atoms with Crippen molar-refractivity contribution in [3.63, 3.8) is 0 Å². The molecule has 1 aliphatic rings. The minimum Gasteiger partial charge on any atom is -0.470 e. The highest BCUT2D eigenvalue weighted by molar-refractivity contribution is 5.76. The normalized spacial score (nSPS) is 16.6. The Morgan fingerprint density at radius 3 is 3.03 bits per heavy atom. The number of aromatic nitrogens is 4. The molecule has 0 aromatic carbocycles. The fourth-order valence-corrected chi connectivity index (χ4v) is 3.39. The molecule has 3 N–H and O–H groups in total. The Kier molecular flexibility index (Phi) is 5.61. The molecule has 3 aromatic heterocycles. The molecule has 30 heavy (non-hydrogen) atoms. The van der Waals surface area contributed by atoms with Crippen LogP contribution < -0.4 is 10.1 Å². The third-order valence-corrected chi connectivity index (χ3v) is 4.82. The van der Waals surface area contributed by atoms with Crippen molar-refractivity contribution in [1.82, 2.24) is 24.5 Å². The summed E-state index contributed by atoms with van der Waals surface area (Å²) in [4.78, 5) is 21.0. The number of fused-ring (bicyclic) bond motifs is 1. The van der Waals surface area contributed by atoms with Crippen LogP contribution in [0.1, 0.15) is 12.8 Å². The fourth-order valence-electron chi connectivity index (χ4n) is 3.39. The van der Waals surface area contributed by atoms with Crippen molar-refractivity contribution in [3.05, 3.63) is 36.4 Å². The number of halogens is 1. The Bertz CT molecular complexity index is 1060. The maximum atomic E-state index is 15.0. The van der Waals surface area contributed by atoms with Crippen LogP contribution >= 0.6 is 0 Å². The summed E-state index contributed by atoms with van der Waals surface area (Å²) >= 11 is 0. The van der Waals surface area contributed by atoms with Crippen LogP contribution in [0.3, 0.4) is 0 Å². The zero-order chi connectivity index (χ0) is 21.1. The highest BCUT2D eigenvalue weighted by Gasteiger charge is 2.27. The van der Waals surface area contributed by atoms with Gasteiger partial charge in [-0.1, -0.05) is 6.07 Å². The van der Waals surface area contributed by atoms with Crippen molar-refractivity contribution in [2.75, 3.05) is 31.6 Å². The number of amides is 1. The van der Waals surface area contributed by atoms with Gasteiger partial charge in [0.15, 0.2) is 11.6 Å². The van der Waals surface area contributed by atoms with Gasteiger partial charge in [0.25, 0.3) is 5.88 Å². The number of carbonyl (C=O) groups is 1. The molecular weight excluding hydrogens is 395 g/mol. The number of piperidine rings is 1. The minimum absolute atomic E-state index is 0.0950.